The molecule has 1 aromatic carbocycles. The molecule has 1 aromatic rings. The fourth-order valence-electron chi connectivity index (χ4n) is 2.29. The highest BCUT2D eigenvalue weighted by Crippen LogP contribution is 2.22. The van der Waals surface area contributed by atoms with E-state index in [4.69, 9.17) is 5.11 Å². The van der Waals surface area contributed by atoms with E-state index in [1.807, 2.05) is 29.2 Å². The van der Waals surface area contributed by atoms with Crippen molar-refractivity contribution < 1.29 is 14.6 Å². The minimum atomic E-state index is -0.830. The number of hydrogen-bond acceptors (Lipinski definition) is 3. The lowest BCUT2D eigenvalue weighted by atomic mass is 10.1. The van der Waals surface area contributed by atoms with Crippen molar-refractivity contribution in [1.82, 2.24) is 4.90 Å². The molecule has 1 heterocycles. The minimum absolute atomic E-state index is 0.00907. The molecular formula is C13H18FNO2. The first kappa shape index (κ1) is 12.5. The average molecular weight is 239 g/mol. The lowest BCUT2D eigenvalue weighted by Gasteiger charge is -2.22. The molecule has 17 heavy (non-hydrogen) atoms. The molecule has 1 fully saturated rings. The number of rotatable bonds is 4. The zero-order chi connectivity index (χ0) is 12.3. The van der Waals surface area contributed by atoms with Crippen molar-refractivity contribution in [1.29, 1.82) is 0 Å². The normalized spacial score (nSPS) is 25.4. The van der Waals surface area contributed by atoms with Crippen LogP contribution in [-0.4, -0.2) is 40.5 Å². The van der Waals surface area contributed by atoms with Crippen LogP contribution in [0, 0.1) is 0 Å². The van der Waals surface area contributed by atoms with Crippen LogP contribution in [0.1, 0.15) is 17.5 Å². The lowest BCUT2D eigenvalue weighted by Crippen LogP contribution is -2.31. The number of likely N-dealkylation sites (tertiary alicyclic amines) is 1. The third-order valence-corrected chi connectivity index (χ3v) is 3.28. The van der Waals surface area contributed by atoms with Gasteiger partial charge in [0.2, 0.25) is 0 Å². The fourth-order valence-corrected chi connectivity index (χ4v) is 2.29. The number of alkyl halides is 1. The monoisotopic (exact) mass is 239 g/mol. The number of aliphatic hydroxyl groups is 2. The summed E-state index contributed by atoms with van der Waals surface area (Å²) in [7, 11) is 0. The fraction of sp³-hybridized carbons (Fsp3) is 0.538. The highest BCUT2D eigenvalue weighted by atomic mass is 19.1. The second-order valence-corrected chi connectivity index (χ2v) is 4.57. The Kier molecular flexibility index (Phi) is 4.10. The van der Waals surface area contributed by atoms with Gasteiger partial charge in [0, 0.05) is 19.1 Å². The predicted molar refractivity (Wildman–Crippen MR) is 63.2 cm³/mol. The van der Waals surface area contributed by atoms with Crippen molar-refractivity contribution in [3.63, 3.8) is 0 Å². The van der Waals surface area contributed by atoms with Crippen LogP contribution in [0.4, 0.5) is 4.39 Å². The predicted octanol–water partition coefficient (Wildman–Crippen LogP) is 1.08. The molecule has 2 atom stereocenters. The Morgan fingerprint density at radius 1 is 1.18 bits per heavy atom. The SMILES string of the molecule is OCc1ccc(CN2C[C@@H](F)C[C@H]2CO)cc1. The van der Waals surface area contributed by atoms with Crippen molar-refractivity contribution in [2.45, 2.75) is 31.8 Å². The van der Waals surface area contributed by atoms with Gasteiger partial charge in [0.1, 0.15) is 6.17 Å². The van der Waals surface area contributed by atoms with Gasteiger partial charge in [-0.15, -0.1) is 0 Å². The number of aliphatic hydroxyl groups excluding tert-OH is 2. The molecule has 0 bridgehead atoms. The van der Waals surface area contributed by atoms with Gasteiger partial charge in [-0.05, 0) is 17.5 Å². The molecule has 2 N–H and O–H groups in total. The van der Waals surface area contributed by atoms with E-state index in [0.29, 0.717) is 19.5 Å². The van der Waals surface area contributed by atoms with Crippen LogP contribution in [-0.2, 0) is 13.2 Å². The Morgan fingerprint density at radius 3 is 2.41 bits per heavy atom. The highest BCUT2D eigenvalue weighted by Gasteiger charge is 2.31. The van der Waals surface area contributed by atoms with Gasteiger partial charge in [0.05, 0.1) is 13.2 Å². The van der Waals surface area contributed by atoms with E-state index in [2.05, 4.69) is 0 Å². The average Bonchev–Trinajstić information content (AvgIpc) is 2.70. The van der Waals surface area contributed by atoms with Crippen LogP contribution in [0.15, 0.2) is 24.3 Å². The van der Waals surface area contributed by atoms with Crippen LogP contribution in [0.5, 0.6) is 0 Å². The molecule has 1 aliphatic rings. The Morgan fingerprint density at radius 2 is 1.82 bits per heavy atom. The molecule has 0 spiro atoms. The van der Waals surface area contributed by atoms with E-state index in [1.54, 1.807) is 0 Å². The Balaban J connectivity index is 1.99. The second kappa shape index (κ2) is 5.58. The third kappa shape index (κ3) is 3.03. The molecule has 3 nitrogen and oxygen atoms in total. The number of benzene rings is 1. The van der Waals surface area contributed by atoms with Crippen molar-refractivity contribution in [2.24, 2.45) is 0 Å². The molecule has 1 aliphatic heterocycles. The summed E-state index contributed by atoms with van der Waals surface area (Å²) < 4.78 is 13.2. The van der Waals surface area contributed by atoms with Gasteiger partial charge in [0.25, 0.3) is 0 Å². The summed E-state index contributed by atoms with van der Waals surface area (Å²) in [5, 5.41) is 18.1. The van der Waals surface area contributed by atoms with Gasteiger partial charge in [-0.25, -0.2) is 4.39 Å². The quantitative estimate of drug-likeness (QED) is 0.826. The largest absolute Gasteiger partial charge is 0.395 e. The summed E-state index contributed by atoms with van der Waals surface area (Å²) in [6.07, 6.45) is -0.408. The van der Waals surface area contributed by atoms with Crippen molar-refractivity contribution in [2.75, 3.05) is 13.2 Å². The third-order valence-electron chi connectivity index (χ3n) is 3.28. The molecule has 0 unspecified atom stereocenters. The molecule has 0 radical (unpaired) electrons. The van der Waals surface area contributed by atoms with E-state index < -0.39 is 6.17 Å². The first-order chi connectivity index (χ1) is 8.22. The van der Waals surface area contributed by atoms with Crippen molar-refractivity contribution in [3.05, 3.63) is 35.4 Å². The number of nitrogens with zero attached hydrogens (tertiary/aromatic N) is 1. The van der Waals surface area contributed by atoms with Crippen LogP contribution >= 0.6 is 0 Å². The van der Waals surface area contributed by atoms with Gasteiger partial charge in [-0.1, -0.05) is 24.3 Å². The maximum atomic E-state index is 13.2. The molecule has 94 valence electrons. The zero-order valence-electron chi connectivity index (χ0n) is 9.72. The van der Waals surface area contributed by atoms with Gasteiger partial charge in [-0.2, -0.15) is 0 Å². The maximum absolute atomic E-state index is 13.2. The molecule has 1 saturated heterocycles. The molecule has 2 rings (SSSR count). The molecular weight excluding hydrogens is 221 g/mol. The van der Waals surface area contributed by atoms with Crippen LogP contribution < -0.4 is 0 Å². The van der Waals surface area contributed by atoms with E-state index >= 15 is 0 Å². The standard InChI is InChI=1S/C13H18FNO2/c14-12-5-13(9-17)15(7-12)6-10-1-3-11(8-16)4-2-10/h1-4,12-13,16-17H,5-9H2/t12-,13-/m0/s1. The topological polar surface area (TPSA) is 43.7 Å². The smallest absolute Gasteiger partial charge is 0.114 e. The number of halogens is 1. The Hall–Kier alpha value is -0.970. The summed E-state index contributed by atoms with van der Waals surface area (Å²) >= 11 is 0. The van der Waals surface area contributed by atoms with E-state index in [-0.39, 0.29) is 19.3 Å². The summed E-state index contributed by atoms with van der Waals surface area (Å²) in [5.41, 5.74) is 1.95. The molecule has 0 aliphatic carbocycles. The summed E-state index contributed by atoms with van der Waals surface area (Å²) in [5.74, 6) is 0. The zero-order valence-corrected chi connectivity index (χ0v) is 9.72. The van der Waals surface area contributed by atoms with E-state index in [0.717, 1.165) is 11.1 Å². The van der Waals surface area contributed by atoms with E-state index in [1.165, 1.54) is 0 Å². The molecule has 0 amide bonds. The van der Waals surface area contributed by atoms with Gasteiger partial charge in [-0.3, -0.25) is 4.90 Å². The summed E-state index contributed by atoms with van der Waals surface area (Å²) in [4.78, 5) is 1.97. The van der Waals surface area contributed by atoms with Gasteiger partial charge in [0.15, 0.2) is 0 Å². The van der Waals surface area contributed by atoms with Gasteiger partial charge < -0.3 is 10.2 Å². The summed E-state index contributed by atoms with van der Waals surface area (Å²) in [6, 6.07) is 7.54. The number of hydrogen-bond donors (Lipinski definition) is 2. The molecule has 4 heteroatoms. The molecule has 0 saturated carbocycles. The van der Waals surface area contributed by atoms with Crippen LogP contribution in [0.2, 0.25) is 0 Å². The first-order valence-corrected chi connectivity index (χ1v) is 5.90. The highest BCUT2D eigenvalue weighted by molar-refractivity contribution is 5.22. The lowest BCUT2D eigenvalue weighted by molar-refractivity contribution is 0.153. The second-order valence-electron chi connectivity index (χ2n) is 4.57. The van der Waals surface area contributed by atoms with Crippen molar-refractivity contribution >= 4 is 0 Å². The summed E-state index contributed by atoms with van der Waals surface area (Å²) in [6.45, 7) is 1.09. The Bertz CT molecular complexity index is 355. The maximum Gasteiger partial charge on any atom is 0.114 e. The van der Waals surface area contributed by atoms with Crippen LogP contribution in [0.25, 0.3) is 0 Å². The van der Waals surface area contributed by atoms with Gasteiger partial charge >= 0.3 is 0 Å². The Labute approximate surface area is 100 Å². The first-order valence-electron chi connectivity index (χ1n) is 5.90. The molecule has 0 aromatic heterocycles. The van der Waals surface area contributed by atoms with Crippen LogP contribution in [0.3, 0.4) is 0 Å². The minimum Gasteiger partial charge on any atom is -0.395 e. The van der Waals surface area contributed by atoms with E-state index in [9.17, 15) is 9.50 Å². The van der Waals surface area contributed by atoms with Crippen molar-refractivity contribution in [3.8, 4) is 0 Å².